The van der Waals surface area contributed by atoms with Crippen molar-refractivity contribution >= 4 is 39.1 Å². The summed E-state index contributed by atoms with van der Waals surface area (Å²) in [5, 5.41) is 1.73. The van der Waals surface area contributed by atoms with Crippen LogP contribution in [0.5, 0.6) is 0 Å². The van der Waals surface area contributed by atoms with Gasteiger partial charge in [0.15, 0.2) is 0 Å². The molecule has 2 saturated heterocycles. The van der Waals surface area contributed by atoms with E-state index in [0.717, 1.165) is 54.2 Å². The second kappa shape index (κ2) is 5.72. The fourth-order valence-electron chi connectivity index (χ4n) is 3.93. The Labute approximate surface area is 145 Å². The lowest BCUT2D eigenvalue weighted by molar-refractivity contribution is -0.131. The van der Waals surface area contributed by atoms with E-state index < -0.39 is 0 Å². The van der Waals surface area contributed by atoms with Gasteiger partial charge in [-0.3, -0.25) is 4.79 Å². The molecule has 4 nitrogen and oxygen atoms in total. The number of hydrogen-bond donors (Lipinski definition) is 0. The van der Waals surface area contributed by atoms with Gasteiger partial charge in [0, 0.05) is 49.5 Å². The molecule has 122 valence electrons. The number of thiazole rings is 1. The zero-order valence-electron chi connectivity index (χ0n) is 13.2. The van der Waals surface area contributed by atoms with Crippen molar-refractivity contribution in [2.45, 2.75) is 19.3 Å². The fourth-order valence-corrected chi connectivity index (χ4v) is 5.05. The molecule has 3 heterocycles. The van der Waals surface area contributed by atoms with Crippen LogP contribution in [0.3, 0.4) is 0 Å². The summed E-state index contributed by atoms with van der Waals surface area (Å²) in [7, 11) is 2.15. The van der Waals surface area contributed by atoms with Crippen LogP contribution in [0.4, 0.5) is 0 Å². The van der Waals surface area contributed by atoms with E-state index in [1.54, 1.807) is 11.3 Å². The predicted octanol–water partition coefficient (Wildman–Crippen LogP) is 3.05. The molecule has 0 unspecified atom stereocenters. The van der Waals surface area contributed by atoms with Crippen LogP contribution >= 0.6 is 22.9 Å². The number of hydrogen-bond acceptors (Lipinski definition) is 4. The summed E-state index contributed by atoms with van der Waals surface area (Å²) in [4.78, 5) is 21.4. The van der Waals surface area contributed by atoms with Crippen molar-refractivity contribution in [3.63, 3.8) is 0 Å². The third kappa shape index (κ3) is 2.97. The van der Waals surface area contributed by atoms with E-state index in [1.807, 2.05) is 18.2 Å². The normalized spacial score (nSPS) is 20.3. The molecule has 2 aromatic rings. The van der Waals surface area contributed by atoms with Gasteiger partial charge in [0.1, 0.15) is 0 Å². The Balaban J connectivity index is 1.36. The minimum atomic E-state index is 0.272. The maximum absolute atomic E-state index is 12.5. The van der Waals surface area contributed by atoms with E-state index in [-0.39, 0.29) is 5.91 Å². The zero-order chi connectivity index (χ0) is 16.0. The minimum Gasteiger partial charge on any atom is -0.342 e. The van der Waals surface area contributed by atoms with Gasteiger partial charge in [0.05, 0.1) is 15.2 Å². The quantitative estimate of drug-likeness (QED) is 0.854. The molecule has 0 aliphatic carbocycles. The minimum absolute atomic E-state index is 0.272. The second-order valence-electron chi connectivity index (χ2n) is 6.96. The smallest absolute Gasteiger partial charge is 0.223 e. The number of likely N-dealkylation sites (tertiary alicyclic amines) is 2. The Hall–Kier alpha value is -1.17. The molecule has 23 heavy (non-hydrogen) atoms. The Morgan fingerprint density at radius 3 is 3.00 bits per heavy atom. The standard InChI is InChI=1S/C17H20ClN3OS/c1-20-9-17(10-20)6-7-21(11-17)16(22)5-4-15-19-13-8-12(18)2-3-14(13)23-15/h2-3,8H,4-7,9-11H2,1H3. The number of carbonyl (C=O) groups is 1. The van der Waals surface area contributed by atoms with Crippen molar-refractivity contribution in [2.75, 3.05) is 33.2 Å². The van der Waals surface area contributed by atoms with E-state index in [2.05, 4.69) is 21.8 Å². The number of aromatic nitrogens is 1. The van der Waals surface area contributed by atoms with Gasteiger partial charge in [0.2, 0.25) is 5.91 Å². The molecule has 0 N–H and O–H groups in total. The SMILES string of the molecule is CN1CC2(CCN(C(=O)CCc3nc4cc(Cl)ccc4s3)C2)C1. The van der Waals surface area contributed by atoms with E-state index >= 15 is 0 Å². The number of carbonyl (C=O) groups excluding carboxylic acids is 1. The first-order chi connectivity index (χ1) is 11.0. The Morgan fingerprint density at radius 2 is 2.22 bits per heavy atom. The van der Waals surface area contributed by atoms with Crippen LogP contribution in [0.1, 0.15) is 17.8 Å². The summed E-state index contributed by atoms with van der Waals surface area (Å²) in [6.45, 7) is 4.12. The molecule has 2 aliphatic rings. The van der Waals surface area contributed by atoms with Crippen LogP contribution in [0, 0.1) is 5.41 Å². The molecule has 0 radical (unpaired) electrons. The van der Waals surface area contributed by atoms with Crippen molar-refractivity contribution in [3.05, 3.63) is 28.2 Å². The highest BCUT2D eigenvalue weighted by molar-refractivity contribution is 7.18. The van der Waals surface area contributed by atoms with Crippen molar-refractivity contribution < 1.29 is 4.79 Å². The molecule has 1 spiro atoms. The number of fused-ring (bicyclic) bond motifs is 1. The lowest BCUT2D eigenvalue weighted by atomic mass is 9.79. The summed E-state index contributed by atoms with van der Waals surface area (Å²) in [5.74, 6) is 0.272. The highest BCUT2D eigenvalue weighted by atomic mass is 35.5. The molecule has 2 fully saturated rings. The fraction of sp³-hybridized carbons (Fsp3) is 0.529. The van der Waals surface area contributed by atoms with Crippen LogP contribution in [0.15, 0.2) is 18.2 Å². The van der Waals surface area contributed by atoms with Gasteiger partial charge in [-0.05, 0) is 31.7 Å². The van der Waals surface area contributed by atoms with Gasteiger partial charge < -0.3 is 9.80 Å². The molecule has 0 atom stereocenters. The molecule has 1 aromatic heterocycles. The maximum atomic E-state index is 12.5. The van der Waals surface area contributed by atoms with E-state index in [1.165, 1.54) is 0 Å². The first-order valence-corrected chi connectivity index (χ1v) is 9.24. The summed E-state index contributed by atoms with van der Waals surface area (Å²) in [6, 6.07) is 5.77. The van der Waals surface area contributed by atoms with Gasteiger partial charge >= 0.3 is 0 Å². The summed E-state index contributed by atoms with van der Waals surface area (Å²) in [5.41, 5.74) is 1.32. The monoisotopic (exact) mass is 349 g/mol. The number of nitrogens with zero attached hydrogens (tertiary/aromatic N) is 3. The van der Waals surface area contributed by atoms with Gasteiger partial charge in [-0.15, -0.1) is 11.3 Å². The molecule has 0 bridgehead atoms. The average molecular weight is 350 g/mol. The number of rotatable bonds is 3. The van der Waals surface area contributed by atoms with Crippen LogP contribution in [0.25, 0.3) is 10.2 Å². The maximum Gasteiger partial charge on any atom is 0.223 e. The molecule has 1 aromatic carbocycles. The topological polar surface area (TPSA) is 36.4 Å². The van der Waals surface area contributed by atoms with Crippen molar-refractivity contribution in [1.29, 1.82) is 0 Å². The third-order valence-corrected chi connectivity index (χ3v) is 6.28. The highest BCUT2D eigenvalue weighted by Gasteiger charge is 2.46. The van der Waals surface area contributed by atoms with Gasteiger partial charge in [-0.2, -0.15) is 0 Å². The van der Waals surface area contributed by atoms with Crippen LogP contribution in [0.2, 0.25) is 5.02 Å². The van der Waals surface area contributed by atoms with Crippen molar-refractivity contribution in [2.24, 2.45) is 5.41 Å². The van der Waals surface area contributed by atoms with Crippen LogP contribution in [-0.2, 0) is 11.2 Å². The Morgan fingerprint density at radius 1 is 1.39 bits per heavy atom. The largest absolute Gasteiger partial charge is 0.342 e. The molecule has 0 saturated carbocycles. The molecular weight excluding hydrogens is 330 g/mol. The van der Waals surface area contributed by atoms with Gasteiger partial charge in [-0.1, -0.05) is 11.6 Å². The number of halogens is 1. The Bertz CT molecular complexity index is 753. The summed E-state index contributed by atoms with van der Waals surface area (Å²) in [6.07, 6.45) is 2.43. The lowest BCUT2D eigenvalue weighted by Gasteiger charge is -2.46. The number of aryl methyl sites for hydroxylation is 1. The molecule has 2 aliphatic heterocycles. The molecule has 6 heteroatoms. The van der Waals surface area contributed by atoms with E-state index in [0.29, 0.717) is 16.9 Å². The average Bonchev–Trinajstić information content (AvgIpc) is 3.08. The van der Waals surface area contributed by atoms with E-state index in [9.17, 15) is 4.79 Å². The summed E-state index contributed by atoms with van der Waals surface area (Å²) >= 11 is 7.66. The van der Waals surface area contributed by atoms with E-state index in [4.69, 9.17) is 11.6 Å². The predicted molar refractivity (Wildman–Crippen MR) is 94.1 cm³/mol. The second-order valence-corrected chi connectivity index (χ2v) is 8.51. The van der Waals surface area contributed by atoms with Gasteiger partial charge in [0.25, 0.3) is 0 Å². The Kier molecular flexibility index (Phi) is 3.82. The zero-order valence-corrected chi connectivity index (χ0v) is 14.8. The third-order valence-electron chi connectivity index (χ3n) is 4.95. The van der Waals surface area contributed by atoms with Crippen molar-refractivity contribution in [3.8, 4) is 0 Å². The van der Waals surface area contributed by atoms with Crippen molar-refractivity contribution in [1.82, 2.24) is 14.8 Å². The first-order valence-electron chi connectivity index (χ1n) is 8.04. The summed E-state index contributed by atoms with van der Waals surface area (Å²) < 4.78 is 1.13. The highest BCUT2D eigenvalue weighted by Crippen LogP contribution is 2.38. The number of amides is 1. The molecular formula is C17H20ClN3OS. The number of benzene rings is 1. The van der Waals surface area contributed by atoms with Gasteiger partial charge in [-0.25, -0.2) is 4.98 Å². The molecule has 1 amide bonds. The van der Waals surface area contributed by atoms with Crippen LogP contribution in [-0.4, -0.2) is 53.9 Å². The first kappa shape index (κ1) is 15.4. The molecule has 4 rings (SSSR count). The van der Waals surface area contributed by atoms with Crippen LogP contribution < -0.4 is 0 Å². The lowest BCUT2D eigenvalue weighted by Crippen LogP contribution is -2.55.